The van der Waals surface area contributed by atoms with Gasteiger partial charge in [0, 0.05) is 0 Å². The van der Waals surface area contributed by atoms with Gasteiger partial charge < -0.3 is 4.74 Å². The largest absolute Gasteiger partial charge is 0.497 e. The van der Waals surface area contributed by atoms with E-state index in [-0.39, 0.29) is 5.41 Å². The minimum atomic E-state index is 0.191. The van der Waals surface area contributed by atoms with Crippen LogP contribution >= 0.6 is 0 Å². The van der Waals surface area contributed by atoms with Gasteiger partial charge in [-0.1, -0.05) is 81.4 Å². The topological polar surface area (TPSA) is 9.23 Å². The molecule has 0 saturated heterocycles. The van der Waals surface area contributed by atoms with Gasteiger partial charge in [-0.3, -0.25) is 0 Å². The molecule has 0 amide bonds. The van der Waals surface area contributed by atoms with E-state index in [0.29, 0.717) is 0 Å². The number of rotatable bonds is 3. The molecule has 0 aliphatic heterocycles. The van der Waals surface area contributed by atoms with E-state index >= 15 is 0 Å². The van der Waals surface area contributed by atoms with Crippen LogP contribution in [-0.4, -0.2) is 7.11 Å². The van der Waals surface area contributed by atoms with Gasteiger partial charge in [0.15, 0.2) is 0 Å². The maximum Gasteiger partial charge on any atom is 0.118 e. The summed E-state index contributed by atoms with van der Waals surface area (Å²) in [6.45, 7) is 6.73. The standard InChI is InChI=1S/C23H24O/c1-23(2,3)21-13-9-19(10-14-21)17-5-7-18(8-6-17)20-11-15-22(24-4)16-12-20/h5-16H,1-4H3. The molecular weight excluding hydrogens is 292 g/mol. The fourth-order valence-electron chi connectivity index (χ4n) is 2.80. The Bertz CT molecular complexity index is 789. The maximum absolute atomic E-state index is 5.22. The van der Waals surface area contributed by atoms with Crippen LogP contribution in [0.2, 0.25) is 0 Å². The van der Waals surface area contributed by atoms with Crippen molar-refractivity contribution in [2.75, 3.05) is 7.11 Å². The highest BCUT2D eigenvalue weighted by Gasteiger charge is 2.13. The molecule has 0 aliphatic carbocycles. The van der Waals surface area contributed by atoms with Crippen molar-refractivity contribution in [2.24, 2.45) is 0 Å². The van der Waals surface area contributed by atoms with Gasteiger partial charge in [0.1, 0.15) is 5.75 Å². The fourth-order valence-corrected chi connectivity index (χ4v) is 2.80. The van der Waals surface area contributed by atoms with Gasteiger partial charge in [-0.25, -0.2) is 0 Å². The lowest BCUT2D eigenvalue weighted by Gasteiger charge is -2.19. The van der Waals surface area contributed by atoms with Gasteiger partial charge in [0.05, 0.1) is 7.11 Å². The number of methoxy groups -OCH3 is 1. The summed E-state index contributed by atoms with van der Waals surface area (Å²) < 4.78 is 5.22. The summed E-state index contributed by atoms with van der Waals surface area (Å²) in [7, 11) is 1.69. The van der Waals surface area contributed by atoms with Crippen LogP contribution in [0.1, 0.15) is 26.3 Å². The second-order valence-electron chi connectivity index (χ2n) is 7.13. The Balaban J connectivity index is 1.83. The van der Waals surface area contributed by atoms with Crippen LogP contribution in [0.4, 0.5) is 0 Å². The van der Waals surface area contributed by atoms with Crippen molar-refractivity contribution < 1.29 is 4.74 Å². The molecule has 24 heavy (non-hydrogen) atoms. The molecule has 3 rings (SSSR count). The van der Waals surface area contributed by atoms with Crippen molar-refractivity contribution in [1.29, 1.82) is 0 Å². The molecule has 0 N–H and O–H groups in total. The fraction of sp³-hybridized carbons (Fsp3) is 0.217. The van der Waals surface area contributed by atoms with Gasteiger partial charge >= 0.3 is 0 Å². The van der Waals surface area contributed by atoms with Gasteiger partial charge in [-0.05, 0) is 45.4 Å². The Morgan fingerprint density at radius 1 is 0.542 bits per heavy atom. The van der Waals surface area contributed by atoms with Crippen LogP contribution in [0.25, 0.3) is 22.3 Å². The van der Waals surface area contributed by atoms with Gasteiger partial charge in [-0.2, -0.15) is 0 Å². The van der Waals surface area contributed by atoms with E-state index < -0.39 is 0 Å². The third kappa shape index (κ3) is 3.51. The molecule has 122 valence electrons. The molecule has 0 unspecified atom stereocenters. The predicted octanol–water partition coefficient (Wildman–Crippen LogP) is 6.33. The average molecular weight is 316 g/mol. The predicted molar refractivity (Wildman–Crippen MR) is 103 cm³/mol. The first-order valence-corrected chi connectivity index (χ1v) is 8.33. The van der Waals surface area contributed by atoms with E-state index in [1.54, 1.807) is 7.11 Å². The zero-order valence-electron chi connectivity index (χ0n) is 14.8. The molecule has 1 nitrogen and oxygen atoms in total. The number of ether oxygens (including phenoxy) is 1. The summed E-state index contributed by atoms with van der Waals surface area (Å²) >= 11 is 0. The van der Waals surface area contributed by atoms with Crippen LogP contribution in [0, 0.1) is 0 Å². The number of hydrogen-bond donors (Lipinski definition) is 0. The van der Waals surface area contributed by atoms with E-state index in [0.717, 1.165) is 5.75 Å². The van der Waals surface area contributed by atoms with Gasteiger partial charge in [-0.15, -0.1) is 0 Å². The van der Waals surface area contributed by atoms with E-state index in [1.807, 2.05) is 12.1 Å². The highest BCUT2D eigenvalue weighted by molar-refractivity contribution is 5.70. The Kier molecular flexibility index (Phi) is 4.44. The van der Waals surface area contributed by atoms with Crippen molar-refractivity contribution in [3.05, 3.63) is 78.4 Å². The first-order valence-electron chi connectivity index (χ1n) is 8.33. The van der Waals surface area contributed by atoms with E-state index in [2.05, 4.69) is 81.4 Å². The molecular formula is C23H24O. The molecule has 0 heterocycles. The second kappa shape index (κ2) is 6.52. The Morgan fingerprint density at radius 3 is 1.21 bits per heavy atom. The van der Waals surface area contributed by atoms with Crippen LogP contribution in [0.5, 0.6) is 5.75 Å². The molecule has 3 aromatic rings. The number of benzene rings is 3. The van der Waals surface area contributed by atoms with Crippen LogP contribution < -0.4 is 4.74 Å². The summed E-state index contributed by atoms with van der Waals surface area (Å²) in [5.74, 6) is 0.884. The zero-order valence-corrected chi connectivity index (χ0v) is 14.8. The van der Waals surface area contributed by atoms with E-state index in [4.69, 9.17) is 4.74 Å². The van der Waals surface area contributed by atoms with Crippen molar-refractivity contribution >= 4 is 0 Å². The van der Waals surface area contributed by atoms with Crippen molar-refractivity contribution in [3.8, 4) is 28.0 Å². The highest BCUT2D eigenvalue weighted by Crippen LogP contribution is 2.28. The average Bonchev–Trinajstić information content (AvgIpc) is 2.61. The molecule has 0 aliphatic rings. The molecule has 0 radical (unpaired) electrons. The summed E-state index contributed by atoms with van der Waals surface area (Å²) in [5, 5.41) is 0. The van der Waals surface area contributed by atoms with Crippen molar-refractivity contribution in [1.82, 2.24) is 0 Å². The summed E-state index contributed by atoms with van der Waals surface area (Å²) in [4.78, 5) is 0. The smallest absolute Gasteiger partial charge is 0.118 e. The summed E-state index contributed by atoms with van der Waals surface area (Å²) in [6, 6.07) is 25.8. The van der Waals surface area contributed by atoms with Crippen molar-refractivity contribution in [3.63, 3.8) is 0 Å². The lowest BCUT2D eigenvalue weighted by Crippen LogP contribution is -2.10. The van der Waals surface area contributed by atoms with E-state index in [1.165, 1.54) is 27.8 Å². The zero-order chi connectivity index (χ0) is 17.2. The normalized spacial score (nSPS) is 11.3. The second-order valence-corrected chi connectivity index (χ2v) is 7.13. The number of hydrogen-bond acceptors (Lipinski definition) is 1. The molecule has 0 fully saturated rings. The maximum atomic E-state index is 5.22. The molecule has 1 heteroatoms. The molecule has 0 atom stereocenters. The highest BCUT2D eigenvalue weighted by atomic mass is 16.5. The molecule has 0 aromatic heterocycles. The van der Waals surface area contributed by atoms with E-state index in [9.17, 15) is 0 Å². The quantitative estimate of drug-likeness (QED) is 0.549. The lowest BCUT2D eigenvalue weighted by atomic mass is 9.86. The molecule has 0 spiro atoms. The van der Waals surface area contributed by atoms with Crippen LogP contribution in [0.3, 0.4) is 0 Å². The van der Waals surface area contributed by atoms with Crippen LogP contribution in [-0.2, 0) is 5.41 Å². The third-order valence-electron chi connectivity index (χ3n) is 4.39. The SMILES string of the molecule is COc1ccc(-c2ccc(-c3ccc(C(C)(C)C)cc3)cc2)cc1. The molecule has 3 aromatic carbocycles. The molecule has 0 bridgehead atoms. The van der Waals surface area contributed by atoms with Gasteiger partial charge in [0.25, 0.3) is 0 Å². The Hall–Kier alpha value is -2.54. The molecule has 0 saturated carbocycles. The summed E-state index contributed by atoms with van der Waals surface area (Å²) in [6.07, 6.45) is 0. The van der Waals surface area contributed by atoms with Crippen LogP contribution in [0.15, 0.2) is 72.8 Å². The van der Waals surface area contributed by atoms with Gasteiger partial charge in [0.2, 0.25) is 0 Å². The lowest BCUT2D eigenvalue weighted by molar-refractivity contribution is 0.415. The first kappa shape index (κ1) is 16.3. The minimum absolute atomic E-state index is 0.191. The Labute approximate surface area is 144 Å². The van der Waals surface area contributed by atoms with Crippen molar-refractivity contribution in [2.45, 2.75) is 26.2 Å². The first-order chi connectivity index (χ1) is 11.5. The monoisotopic (exact) mass is 316 g/mol. The third-order valence-corrected chi connectivity index (χ3v) is 4.39. The summed E-state index contributed by atoms with van der Waals surface area (Å²) in [5.41, 5.74) is 6.47. The minimum Gasteiger partial charge on any atom is -0.497 e. The Morgan fingerprint density at radius 2 is 0.875 bits per heavy atom.